The summed E-state index contributed by atoms with van der Waals surface area (Å²) < 4.78 is 0. The van der Waals surface area contributed by atoms with Gasteiger partial charge in [-0.25, -0.2) is 0 Å². The van der Waals surface area contributed by atoms with Crippen molar-refractivity contribution in [2.75, 3.05) is 0 Å². The molecule has 1 amide bonds. The van der Waals surface area contributed by atoms with Crippen LogP contribution in [0.2, 0.25) is 0 Å². The van der Waals surface area contributed by atoms with Crippen molar-refractivity contribution < 1.29 is 4.79 Å². The molecular weight excluding hydrogens is 284 g/mol. The molecule has 0 saturated heterocycles. The Labute approximate surface area is 135 Å². The highest BCUT2D eigenvalue weighted by atomic mass is 16.1. The number of hydrogen-bond acceptors (Lipinski definition) is 2. The molecule has 0 bridgehead atoms. The van der Waals surface area contributed by atoms with E-state index in [2.05, 4.69) is 30.3 Å². The van der Waals surface area contributed by atoms with Crippen LogP contribution in [0.3, 0.4) is 0 Å². The van der Waals surface area contributed by atoms with Gasteiger partial charge < -0.3 is 5.73 Å². The fraction of sp³-hybridized carbons (Fsp3) is 0.200. The minimum absolute atomic E-state index is 0.108. The highest BCUT2D eigenvalue weighted by Crippen LogP contribution is 2.33. The number of nitrogens with two attached hydrogens (primary N) is 1. The van der Waals surface area contributed by atoms with Crippen molar-refractivity contribution in [3.05, 3.63) is 64.7 Å². The quantitative estimate of drug-likeness (QED) is 0.670. The Morgan fingerprint density at radius 3 is 2.61 bits per heavy atom. The zero-order valence-corrected chi connectivity index (χ0v) is 12.9. The number of allylic oxidation sites excluding steroid dienone is 2. The molecule has 3 nitrogen and oxygen atoms in total. The van der Waals surface area contributed by atoms with Crippen LogP contribution < -0.4 is 5.73 Å². The zero-order valence-electron chi connectivity index (χ0n) is 12.9. The topological polar surface area (TPSA) is 66.9 Å². The van der Waals surface area contributed by atoms with Crippen molar-refractivity contribution in [1.82, 2.24) is 0 Å². The zero-order chi connectivity index (χ0) is 16.2. The third kappa shape index (κ3) is 3.02. The Hall–Kier alpha value is -2.86. The van der Waals surface area contributed by atoms with Crippen LogP contribution in [0.5, 0.6) is 0 Å². The number of benzene rings is 2. The van der Waals surface area contributed by atoms with E-state index < -0.39 is 5.91 Å². The van der Waals surface area contributed by atoms with E-state index in [1.165, 1.54) is 10.8 Å². The monoisotopic (exact) mass is 302 g/mol. The van der Waals surface area contributed by atoms with Crippen molar-refractivity contribution in [2.45, 2.75) is 25.7 Å². The number of amides is 1. The predicted octanol–water partition coefficient (Wildman–Crippen LogP) is 4.10. The minimum Gasteiger partial charge on any atom is -0.365 e. The summed E-state index contributed by atoms with van der Waals surface area (Å²) in [6.45, 7) is 0. The van der Waals surface area contributed by atoms with Gasteiger partial charge in [-0.3, -0.25) is 4.79 Å². The number of rotatable bonds is 2. The number of fused-ring (bicyclic) bond motifs is 1. The highest BCUT2D eigenvalue weighted by molar-refractivity contribution is 5.98. The normalized spacial score (nSPS) is 18.7. The minimum atomic E-state index is -0.631. The second-order valence-corrected chi connectivity index (χ2v) is 5.77. The standard InChI is InChI=1S/C20H18N2O/c21-13-19(20(22)23)18-11-4-2-7-16(18)12-15-9-5-8-14-6-1-3-10-17(14)15/h1,3,5-6,8-10,12H,2,4,7,11H2,(H2,22,23)/b16-12+,19-18-. The van der Waals surface area contributed by atoms with Gasteiger partial charge in [0.1, 0.15) is 11.6 Å². The first kappa shape index (κ1) is 15.1. The van der Waals surface area contributed by atoms with Crippen LogP contribution in [0.1, 0.15) is 31.2 Å². The molecule has 23 heavy (non-hydrogen) atoms. The average molecular weight is 302 g/mol. The Morgan fingerprint density at radius 1 is 1.09 bits per heavy atom. The summed E-state index contributed by atoms with van der Waals surface area (Å²) in [6.07, 6.45) is 5.77. The van der Waals surface area contributed by atoms with E-state index >= 15 is 0 Å². The van der Waals surface area contributed by atoms with Crippen LogP contribution in [-0.2, 0) is 4.79 Å². The van der Waals surface area contributed by atoms with Crippen LogP contribution in [-0.4, -0.2) is 5.91 Å². The molecule has 0 atom stereocenters. The number of primary amides is 1. The summed E-state index contributed by atoms with van der Waals surface area (Å²) in [5.41, 5.74) is 8.47. The van der Waals surface area contributed by atoms with Gasteiger partial charge in [0.05, 0.1) is 0 Å². The number of nitrogens with zero attached hydrogens (tertiary/aromatic N) is 1. The summed E-state index contributed by atoms with van der Waals surface area (Å²) in [5, 5.41) is 11.6. The van der Waals surface area contributed by atoms with Gasteiger partial charge in [-0.1, -0.05) is 48.5 Å². The maximum atomic E-state index is 11.6. The highest BCUT2D eigenvalue weighted by Gasteiger charge is 2.19. The van der Waals surface area contributed by atoms with Crippen LogP contribution >= 0.6 is 0 Å². The fourth-order valence-corrected chi connectivity index (χ4v) is 3.21. The lowest BCUT2D eigenvalue weighted by Gasteiger charge is -2.19. The van der Waals surface area contributed by atoms with Gasteiger partial charge in [-0.2, -0.15) is 5.26 Å². The molecule has 3 heteroatoms. The summed E-state index contributed by atoms with van der Waals surface area (Å²) in [5.74, 6) is -0.631. The van der Waals surface area contributed by atoms with Gasteiger partial charge in [-0.05, 0) is 53.2 Å². The number of nitriles is 1. The van der Waals surface area contributed by atoms with Crippen molar-refractivity contribution in [3.63, 3.8) is 0 Å². The van der Waals surface area contributed by atoms with Crippen molar-refractivity contribution in [2.24, 2.45) is 5.73 Å². The molecule has 0 aromatic heterocycles. The van der Waals surface area contributed by atoms with E-state index in [0.717, 1.165) is 42.4 Å². The summed E-state index contributed by atoms with van der Waals surface area (Å²) in [6, 6.07) is 16.4. The Kier molecular flexibility index (Phi) is 4.25. The summed E-state index contributed by atoms with van der Waals surface area (Å²) >= 11 is 0. The Morgan fingerprint density at radius 2 is 1.83 bits per heavy atom. The fourth-order valence-electron chi connectivity index (χ4n) is 3.21. The lowest BCUT2D eigenvalue weighted by molar-refractivity contribution is -0.114. The molecule has 0 unspecified atom stereocenters. The van der Waals surface area contributed by atoms with E-state index in [1.807, 2.05) is 24.3 Å². The van der Waals surface area contributed by atoms with Crippen molar-refractivity contribution >= 4 is 22.8 Å². The molecule has 0 radical (unpaired) electrons. The van der Waals surface area contributed by atoms with Gasteiger partial charge in [0.2, 0.25) is 0 Å². The van der Waals surface area contributed by atoms with Crippen LogP contribution in [0, 0.1) is 11.3 Å². The molecule has 1 aliphatic rings. The van der Waals surface area contributed by atoms with Crippen LogP contribution in [0.15, 0.2) is 59.2 Å². The first-order valence-corrected chi connectivity index (χ1v) is 7.82. The number of carbonyl (C=O) groups is 1. The van der Waals surface area contributed by atoms with E-state index in [0.29, 0.717) is 0 Å². The van der Waals surface area contributed by atoms with E-state index in [1.54, 1.807) is 0 Å². The third-order valence-corrected chi connectivity index (χ3v) is 4.32. The Bertz CT molecular complexity index is 863. The molecule has 1 fully saturated rings. The van der Waals surface area contributed by atoms with Crippen molar-refractivity contribution in [1.29, 1.82) is 5.26 Å². The largest absolute Gasteiger partial charge is 0.365 e. The Balaban J connectivity index is 2.16. The second kappa shape index (κ2) is 6.50. The van der Waals surface area contributed by atoms with E-state index in [4.69, 9.17) is 5.73 Å². The maximum Gasteiger partial charge on any atom is 0.259 e. The molecule has 2 aromatic carbocycles. The lowest BCUT2D eigenvalue weighted by Crippen LogP contribution is -2.16. The van der Waals surface area contributed by atoms with Gasteiger partial charge in [0.25, 0.3) is 5.91 Å². The average Bonchev–Trinajstić information content (AvgIpc) is 2.57. The van der Waals surface area contributed by atoms with Gasteiger partial charge in [0, 0.05) is 0 Å². The van der Waals surface area contributed by atoms with E-state index in [-0.39, 0.29) is 5.57 Å². The SMILES string of the molecule is N#C/C(C(N)=O)=C1\CCCC\C1=C/c1cccc2ccccc12. The van der Waals surface area contributed by atoms with E-state index in [9.17, 15) is 10.1 Å². The summed E-state index contributed by atoms with van der Waals surface area (Å²) in [7, 11) is 0. The lowest BCUT2D eigenvalue weighted by atomic mass is 9.85. The smallest absolute Gasteiger partial charge is 0.259 e. The van der Waals surface area contributed by atoms with Gasteiger partial charge in [-0.15, -0.1) is 0 Å². The maximum absolute atomic E-state index is 11.6. The molecule has 0 aliphatic heterocycles. The van der Waals surface area contributed by atoms with Crippen molar-refractivity contribution in [3.8, 4) is 6.07 Å². The summed E-state index contributed by atoms with van der Waals surface area (Å²) in [4.78, 5) is 11.6. The van der Waals surface area contributed by atoms with Gasteiger partial charge >= 0.3 is 0 Å². The molecule has 3 rings (SSSR count). The molecular formula is C20H18N2O. The molecule has 1 aliphatic carbocycles. The molecule has 2 aromatic rings. The van der Waals surface area contributed by atoms with Crippen LogP contribution in [0.25, 0.3) is 16.8 Å². The molecule has 2 N–H and O–H groups in total. The predicted molar refractivity (Wildman–Crippen MR) is 92.2 cm³/mol. The van der Waals surface area contributed by atoms with Crippen LogP contribution in [0.4, 0.5) is 0 Å². The first-order chi connectivity index (χ1) is 11.2. The number of hydrogen-bond donors (Lipinski definition) is 1. The first-order valence-electron chi connectivity index (χ1n) is 7.82. The molecule has 0 heterocycles. The molecule has 1 saturated carbocycles. The molecule has 114 valence electrons. The van der Waals surface area contributed by atoms with Gasteiger partial charge in [0.15, 0.2) is 0 Å². The molecule has 0 spiro atoms. The number of carbonyl (C=O) groups excluding carboxylic acids is 1. The third-order valence-electron chi connectivity index (χ3n) is 4.32. The second-order valence-electron chi connectivity index (χ2n) is 5.77.